The van der Waals surface area contributed by atoms with E-state index in [1.165, 1.54) is 10.6 Å². The van der Waals surface area contributed by atoms with Crippen molar-refractivity contribution in [3.8, 4) is 0 Å². The van der Waals surface area contributed by atoms with Crippen LogP contribution in [0.15, 0.2) is 0 Å². The molecule has 1 saturated heterocycles. The van der Waals surface area contributed by atoms with Crippen molar-refractivity contribution in [1.82, 2.24) is 15.2 Å². The van der Waals surface area contributed by atoms with Gasteiger partial charge in [-0.2, -0.15) is 0 Å². The summed E-state index contributed by atoms with van der Waals surface area (Å²) in [6.07, 6.45) is 3.29. The van der Waals surface area contributed by atoms with Gasteiger partial charge in [0.25, 0.3) is 0 Å². The molecule has 0 aromatic carbocycles. The standard InChI is InChI=1S/C13H19N3OS/c1-8-15-10-4-3-5-11(12(10)18-8)16(2)13(17)9-6-14-7-9/h9,11,14H,3-7H2,1-2H3. The first-order chi connectivity index (χ1) is 8.66. The van der Waals surface area contributed by atoms with Crippen LogP contribution in [0.1, 0.15) is 34.5 Å². The molecule has 2 aliphatic rings. The summed E-state index contributed by atoms with van der Waals surface area (Å²) in [5, 5.41) is 4.29. The molecule has 1 fully saturated rings. The van der Waals surface area contributed by atoms with E-state index in [1.54, 1.807) is 11.3 Å². The van der Waals surface area contributed by atoms with Crippen molar-refractivity contribution >= 4 is 17.2 Å². The van der Waals surface area contributed by atoms with E-state index in [9.17, 15) is 4.79 Å². The lowest BCUT2D eigenvalue weighted by Crippen LogP contribution is -2.51. The maximum Gasteiger partial charge on any atom is 0.228 e. The second-order valence-corrected chi connectivity index (χ2v) is 6.49. The Bertz CT molecular complexity index is 467. The lowest BCUT2D eigenvalue weighted by atomic mass is 9.94. The fourth-order valence-electron chi connectivity index (χ4n) is 2.79. The van der Waals surface area contributed by atoms with Gasteiger partial charge in [-0.05, 0) is 26.2 Å². The van der Waals surface area contributed by atoms with Gasteiger partial charge in [-0.3, -0.25) is 4.79 Å². The van der Waals surface area contributed by atoms with E-state index in [2.05, 4.69) is 17.2 Å². The highest BCUT2D eigenvalue weighted by Crippen LogP contribution is 2.37. The summed E-state index contributed by atoms with van der Waals surface area (Å²) in [6, 6.07) is 0.257. The molecule has 18 heavy (non-hydrogen) atoms. The number of nitrogens with zero attached hydrogens (tertiary/aromatic N) is 2. The summed E-state index contributed by atoms with van der Waals surface area (Å²) in [5.41, 5.74) is 1.22. The summed E-state index contributed by atoms with van der Waals surface area (Å²) in [4.78, 5) is 20.2. The van der Waals surface area contributed by atoms with Crippen LogP contribution in [0.4, 0.5) is 0 Å². The third-order valence-electron chi connectivity index (χ3n) is 3.97. The molecule has 1 unspecified atom stereocenters. The van der Waals surface area contributed by atoms with Gasteiger partial charge in [0, 0.05) is 20.1 Å². The first kappa shape index (κ1) is 12.1. The lowest BCUT2D eigenvalue weighted by Gasteiger charge is -2.36. The van der Waals surface area contributed by atoms with E-state index in [0.29, 0.717) is 0 Å². The number of amides is 1. The quantitative estimate of drug-likeness (QED) is 0.881. The van der Waals surface area contributed by atoms with E-state index < -0.39 is 0 Å². The Balaban J connectivity index is 1.81. The summed E-state index contributed by atoms with van der Waals surface area (Å²) in [5.74, 6) is 0.479. The molecule has 1 aromatic heterocycles. The minimum atomic E-state index is 0.189. The second kappa shape index (κ2) is 4.63. The van der Waals surface area contributed by atoms with Gasteiger partial charge >= 0.3 is 0 Å². The van der Waals surface area contributed by atoms with Gasteiger partial charge in [-0.15, -0.1) is 11.3 Å². The van der Waals surface area contributed by atoms with Crippen LogP contribution in [-0.4, -0.2) is 35.9 Å². The Morgan fingerprint density at radius 3 is 2.94 bits per heavy atom. The van der Waals surface area contributed by atoms with Crippen molar-refractivity contribution in [1.29, 1.82) is 0 Å². The van der Waals surface area contributed by atoms with E-state index in [0.717, 1.165) is 37.4 Å². The van der Waals surface area contributed by atoms with Crippen LogP contribution in [0, 0.1) is 12.8 Å². The number of carbonyl (C=O) groups excluding carboxylic acids is 1. The topological polar surface area (TPSA) is 45.2 Å². The van der Waals surface area contributed by atoms with Crippen molar-refractivity contribution in [2.45, 2.75) is 32.2 Å². The molecular formula is C13H19N3OS. The Kier molecular flexibility index (Phi) is 3.11. The molecule has 2 heterocycles. The predicted molar refractivity (Wildman–Crippen MR) is 71.7 cm³/mol. The highest BCUT2D eigenvalue weighted by Gasteiger charge is 2.34. The molecule has 4 nitrogen and oxygen atoms in total. The predicted octanol–water partition coefficient (Wildman–Crippen LogP) is 1.51. The molecule has 1 aromatic rings. The van der Waals surface area contributed by atoms with Gasteiger partial charge in [0.05, 0.1) is 27.5 Å². The number of aryl methyl sites for hydroxylation is 2. The first-order valence-corrected chi connectivity index (χ1v) is 7.42. The van der Waals surface area contributed by atoms with Gasteiger partial charge in [-0.25, -0.2) is 4.98 Å². The fraction of sp³-hybridized carbons (Fsp3) is 0.692. The largest absolute Gasteiger partial charge is 0.338 e. The number of fused-ring (bicyclic) bond motifs is 1. The van der Waals surface area contributed by atoms with Gasteiger partial charge in [0.1, 0.15) is 0 Å². The van der Waals surface area contributed by atoms with E-state index >= 15 is 0 Å². The Labute approximate surface area is 111 Å². The molecule has 98 valence electrons. The van der Waals surface area contributed by atoms with Crippen LogP contribution >= 0.6 is 11.3 Å². The normalized spacial score (nSPS) is 23.3. The number of hydrogen-bond acceptors (Lipinski definition) is 4. The monoisotopic (exact) mass is 265 g/mol. The number of rotatable bonds is 2. The maximum atomic E-state index is 12.3. The zero-order valence-electron chi connectivity index (χ0n) is 10.9. The number of thiazole rings is 1. The van der Waals surface area contributed by atoms with Crippen molar-refractivity contribution in [2.24, 2.45) is 5.92 Å². The minimum absolute atomic E-state index is 0.189. The number of carbonyl (C=O) groups is 1. The SMILES string of the molecule is Cc1nc2c(s1)C(N(C)C(=O)C1CNC1)CCC2. The van der Waals surface area contributed by atoms with Crippen LogP contribution in [0.3, 0.4) is 0 Å². The molecular weight excluding hydrogens is 246 g/mol. The molecule has 1 atom stereocenters. The van der Waals surface area contributed by atoms with Crippen LogP contribution in [-0.2, 0) is 11.2 Å². The molecule has 0 spiro atoms. The number of nitrogens with one attached hydrogen (secondary N) is 1. The third kappa shape index (κ3) is 1.95. The van der Waals surface area contributed by atoms with Crippen molar-refractivity contribution < 1.29 is 4.79 Å². The van der Waals surface area contributed by atoms with Crippen molar-refractivity contribution in [2.75, 3.05) is 20.1 Å². The highest BCUT2D eigenvalue weighted by atomic mass is 32.1. The Morgan fingerprint density at radius 2 is 2.28 bits per heavy atom. The summed E-state index contributed by atoms with van der Waals surface area (Å²) in [7, 11) is 1.95. The summed E-state index contributed by atoms with van der Waals surface area (Å²) >= 11 is 1.76. The van der Waals surface area contributed by atoms with Gasteiger partial charge in [-0.1, -0.05) is 0 Å². The molecule has 5 heteroatoms. The molecule has 1 aliphatic heterocycles. The second-order valence-electron chi connectivity index (χ2n) is 5.26. The minimum Gasteiger partial charge on any atom is -0.338 e. The van der Waals surface area contributed by atoms with Crippen molar-refractivity contribution in [3.05, 3.63) is 15.6 Å². The average molecular weight is 265 g/mol. The van der Waals surface area contributed by atoms with Gasteiger partial charge in [0.15, 0.2) is 0 Å². The maximum absolute atomic E-state index is 12.3. The van der Waals surface area contributed by atoms with E-state index in [4.69, 9.17) is 0 Å². The number of hydrogen-bond donors (Lipinski definition) is 1. The zero-order chi connectivity index (χ0) is 12.7. The Morgan fingerprint density at radius 1 is 1.50 bits per heavy atom. The number of aromatic nitrogens is 1. The molecule has 1 N–H and O–H groups in total. The summed E-state index contributed by atoms with van der Waals surface area (Å²) < 4.78 is 0. The molecule has 0 bridgehead atoms. The molecule has 1 amide bonds. The summed E-state index contributed by atoms with van der Waals surface area (Å²) in [6.45, 7) is 3.73. The van der Waals surface area contributed by atoms with Gasteiger partial charge in [0.2, 0.25) is 5.91 Å². The average Bonchev–Trinajstić information content (AvgIpc) is 2.65. The Hall–Kier alpha value is -0.940. The van der Waals surface area contributed by atoms with Crippen LogP contribution in [0.5, 0.6) is 0 Å². The lowest BCUT2D eigenvalue weighted by molar-refractivity contribution is -0.138. The van der Waals surface area contributed by atoms with E-state index in [1.807, 2.05) is 11.9 Å². The van der Waals surface area contributed by atoms with Crippen LogP contribution < -0.4 is 5.32 Å². The fourth-order valence-corrected chi connectivity index (χ4v) is 3.95. The highest BCUT2D eigenvalue weighted by molar-refractivity contribution is 7.11. The smallest absolute Gasteiger partial charge is 0.228 e. The first-order valence-electron chi connectivity index (χ1n) is 6.60. The van der Waals surface area contributed by atoms with Gasteiger partial charge < -0.3 is 10.2 Å². The molecule has 1 aliphatic carbocycles. The van der Waals surface area contributed by atoms with Crippen LogP contribution in [0.2, 0.25) is 0 Å². The molecule has 3 rings (SSSR count). The molecule has 0 radical (unpaired) electrons. The van der Waals surface area contributed by atoms with E-state index in [-0.39, 0.29) is 17.9 Å². The third-order valence-corrected chi connectivity index (χ3v) is 5.09. The van der Waals surface area contributed by atoms with Crippen LogP contribution in [0.25, 0.3) is 0 Å². The van der Waals surface area contributed by atoms with Crippen molar-refractivity contribution in [3.63, 3.8) is 0 Å². The molecule has 0 saturated carbocycles. The zero-order valence-corrected chi connectivity index (χ0v) is 11.7.